The second-order valence-corrected chi connectivity index (χ2v) is 6.09. The number of nitrogens with zero attached hydrogens (tertiary/aromatic N) is 3. The molecule has 0 aliphatic carbocycles. The minimum absolute atomic E-state index is 0.0973. The molecular formula is C14H21N5OS. The van der Waals surface area contributed by atoms with E-state index in [-0.39, 0.29) is 18.0 Å². The topological polar surface area (TPSA) is 71.8 Å². The largest absolute Gasteiger partial charge is 0.306 e. The molecule has 0 aliphatic rings. The monoisotopic (exact) mass is 307 g/mol. The van der Waals surface area contributed by atoms with E-state index in [1.807, 2.05) is 29.4 Å². The lowest BCUT2D eigenvalue weighted by Gasteiger charge is -2.21. The maximum absolute atomic E-state index is 11.0. The van der Waals surface area contributed by atoms with Crippen molar-refractivity contribution < 1.29 is 4.79 Å². The molecule has 0 unspecified atom stereocenters. The van der Waals surface area contributed by atoms with Crippen LogP contribution in [0.2, 0.25) is 0 Å². The van der Waals surface area contributed by atoms with Crippen molar-refractivity contribution in [2.24, 2.45) is 0 Å². The van der Waals surface area contributed by atoms with Gasteiger partial charge in [-0.15, -0.1) is 11.3 Å². The SMILES string of the molecule is CC(=O)Nc1nc(CN[C@H](C)[C@H](C)n2cc(C)cn2)cs1. The van der Waals surface area contributed by atoms with E-state index in [0.717, 1.165) is 11.3 Å². The average molecular weight is 307 g/mol. The molecule has 7 heteroatoms. The van der Waals surface area contributed by atoms with Crippen LogP contribution < -0.4 is 10.6 Å². The van der Waals surface area contributed by atoms with Crippen LogP contribution in [0.25, 0.3) is 0 Å². The van der Waals surface area contributed by atoms with Crippen molar-refractivity contribution >= 4 is 22.4 Å². The zero-order chi connectivity index (χ0) is 15.4. The van der Waals surface area contributed by atoms with Gasteiger partial charge >= 0.3 is 0 Å². The summed E-state index contributed by atoms with van der Waals surface area (Å²) in [6, 6.07) is 0.516. The molecule has 0 saturated heterocycles. The third kappa shape index (κ3) is 4.37. The standard InChI is InChI=1S/C14H21N5OS/c1-9-5-16-19(7-9)11(3)10(2)15-6-13-8-21-14(18-13)17-12(4)20/h5,7-8,10-11,15H,6H2,1-4H3,(H,17,18,20)/t10-,11+/m1/s1. The van der Waals surface area contributed by atoms with Gasteiger partial charge in [0, 0.05) is 31.1 Å². The first-order chi connectivity index (χ1) is 9.95. The number of carbonyl (C=O) groups is 1. The third-order valence-electron chi connectivity index (χ3n) is 3.31. The highest BCUT2D eigenvalue weighted by atomic mass is 32.1. The van der Waals surface area contributed by atoms with E-state index >= 15 is 0 Å². The fourth-order valence-corrected chi connectivity index (χ4v) is 2.67. The molecule has 2 heterocycles. The van der Waals surface area contributed by atoms with Crippen LogP contribution in [0.3, 0.4) is 0 Å². The van der Waals surface area contributed by atoms with Gasteiger partial charge in [0.15, 0.2) is 5.13 Å². The first kappa shape index (κ1) is 15.7. The first-order valence-corrected chi connectivity index (χ1v) is 7.80. The van der Waals surface area contributed by atoms with Gasteiger partial charge < -0.3 is 10.6 Å². The zero-order valence-electron chi connectivity index (χ0n) is 12.8. The van der Waals surface area contributed by atoms with Gasteiger partial charge in [-0.25, -0.2) is 4.98 Å². The average Bonchev–Trinajstić information content (AvgIpc) is 3.03. The van der Waals surface area contributed by atoms with E-state index in [1.54, 1.807) is 0 Å². The molecule has 0 aromatic carbocycles. The Bertz CT molecular complexity index is 606. The Hall–Kier alpha value is -1.73. The number of nitrogens with one attached hydrogen (secondary N) is 2. The molecule has 2 rings (SSSR count). The third-order valence-corrected chi connectivity index (χ3v) is 4.12. The molecule has 2 N–H and O–H groups in total. The van der Waals surface area contributed by atoms with Crippen LogP contribution in [-0.4, -0.2) is 26.7 Å². The Morgan fingerprint density at radius 1 is 1.48 bits per heavy atom. The molecule has 2 atom stereocenters. The van der Waals surface area contributed by atoms with Crippen molar-refractivity contribution in [1.82, 2.24) is 20.1 Å². The Morgan fingerprint density at radius 3 is 2.86 bits per heavy atom. The summed E-state index contributed by atoms with van der Waals surface area (Å²) in [5.41, 5.74) is 2.09. The molecule has 114 valence electrons. The van der Waals surface area contributed by atoms with Gasteiger partial charge in [-0.1, -0.05) is 0 Å². The lowest BCUT2D eigenvalue weighted by Crippen LogP contribution is -2.33. The van der Waals surface area contributed by atoms with Crippen LogP contribution >= 0.6 is 11.3 Å². The van der Waals surface area contributed by atoms with Gasteiger partial charge in [-0.2, -0.15) is 5.10 Å². The van der Waals surface area contributed by atoms with Crippen LogP contribution in [0, 0.1) is 6.92 Å². The van der Waals surface area contributed by atoms with Crippen molar-refractivity contribution in [2.45, 2.75) is 46.3 Å². The molecular weight excluding hydrogens is 286 g/mol. The van der Waals surface area contributed by atoms with E-state index in [9.17, 15) is 4.79 Å². The van der Waals surface area contributed by atoms with Crippen molar-refractivity contribution in [3.63, 3.8) is 0 Å². The summed E-state index contributed by atoms with van der Waals surface area (Å²) in [5.74, 6) is -0.0973. The smallest absolute Gasteiger partial charge is 0.223 e. The van der Waals surface area contributed by atoms with Crippen molar-refractivity contribution in [3.05, 3.63) is 29.0 Å². The highest BCUT2D eigenvalue weighted by Gasteiger charge is 2.14. The lowest BCUT2D eigenvalue weighted by atomic mass is 10.1. The lowest BCUT2D eigenvalue weighted by molar-refractivity contribution is -0.114. The molecule has 0 radical (unpaired) electrons. The second kappa shape index (κ2) is 6.82. The number of carbonyl (C=O) groups excluding carboxylic acids is 1. The van der Waals surface area contributed by atoms with Crippen molar-refractivity contribution in [2.75, 3.05) is 5.32 Å². The molecule has 2 aromatic rings. The molecule has 0 saturated carbocycles. The maximum atomic E-state index is 11.0. The minimum Gasteiger partial charge on any atom is -0.306 e. The molecule has 2 aromatic heterocycles. The number of aromatic nitrogens is 3. The fraction of sp³-hybridized carbons (Fsp3) is 0.500. The van der Waals surface area contributed by atoms with Crippen LogP contribution in [0.15, 0.2) is 17.8 Å². The van der Waals surface area contributed by atoms with Gasteiger partial charge in [0.05, 0.1) is 17.9 Å². The molecule has 0 aliphatic heterocycles. The number of amides is 1. The molecule has 0 spiro atoms. The molecule has 6 nitrogen and oxygen atoms in total. The van der Waals surface area contributed by atoms with Gasteiger partial charge in [0.25, 0.3) is 0 Å². The summed E-state index contributed by atoms with van der Waals surface area (Å²) in [7, 11) is 0. The van der Waals surface area contributed by atoms with Crippen LogP contribution in [0.5, 0.6) is 0 Å². The summed E-state index contributed by atoms with van der Waals surface area (Å²) in [6.45, 7) is 8.45. The summed E-state index contributed by atoms with van der Waals surface area (Å²) in [5, 5.41) is 13.1. The van der Waals surface area contributed by atoms with Gasteiger partial charge in [0.1, 0.15) is 0 Å². The van der Waals surface area contributed by atoms with Gasteiger partial charge in [0.2, 0.25) is 5.91 Å². The zero-order valence-corrected chi connectivity index (χ0v) is 13.6. The quantitative estimate of drug-likeness (QED) is 0.859. The Kier molecular flexibility index (Phi) is 5.08. The predicted octanol–water partition coefficient (Wildman–Crippen LogP) is 2.35. The summed E-state index contributed by atoms with van der Waals surface area (Å²) in [4.78, 5) is 15.3. The molecule has 21 heavy (non-hydrogen) atoms. The van der Waals surface area contributed by atoms with Crippen molar-refractivity contribution in [1.29, 1.82) is 0 Å². The van der Waals surface area contributed by atoms with E-state index in [4.69, 9.17) is 0 Å². The summed E-state index contributed by atoms with van der Waals surface area (Å²) < 4.78 is 1.97. The normalized spacial score (nSPS) is 13.9. The summed E-state index contributed by atoms with van der Waals surface area (Å²) in [6.07, 6.45) is 3.91. The van der Waals surface area contributed by atoms with Crippen molar-refractivity contribution in [3.8, 4) is 0 Å². The van der Waals surface area contributed by atoms with E-state index in [2.05, 4.69) is 34.6 Å². The minimum atomic E-state index is -0.0973. The number of anilines is 1. The molecule has 0 fully saturated rings. The number of aryl methyl sites for hydroxylation is 1. The maximum Gasteiger partial charge on any atom is 0.223 e. The van der Waals surface area contributed by atoms with Gasteiger partial charge in [-0.05, 0) is 26.3 Å². The van der Waals surface area contributed by atoms with Crippen LogP contribution in [-0.2, 0) is 11.3 Å². The molecule has 0 bridgehead atoms. The van der Waals surface area contributed by atoms with Gasteiger partial charge in [-0.3, -0.25) is 9.48 Å². The predicted molar refractivity (Wildman–Crippen MR) is 84.4 cm³/mol. The summed E-state index contributed by atoms with van der Waals surface area (Å²) >= 11 is 1.44. The Morgan fingerprint density at radius 2 is 2.24 bits per heavy atom. The van der Waals surface area contributed by atoms with Crippen LogP contribution in [0.1, 0.15) is 38.1 Å². The van der Waals surface area contributed by atoms with E-state index < -0.39 is 0 Å². The number of rotatable bonds is 6. The number of hydrogen-bond acceptors (Lipinski definition) is 5. The Labute approximate surface area is 128 Å². The fourth-order valence-electron chi connectivity index (χ4n) is 1.92. The number of hydrogen-bond donors (Lipinski definition) is 2. The van der Waals surface area contributed by atoms with E-state index in [0.29, 0.717) is 11.7 Å². The second-order valence-electron chi connectivity index (χ2n) is 5.23. The Balaban J connectivity index is 1.87. The number of thiazole rings is 1. The van der Waals surface area contributed by atoms with E-state index in [1.165, 1.54) is 18.3 Å². The molecule has 1 amide bonds. The highest BCUT2D eigenvalue weighted by molar-refractivity contribution is 7.13. The first-order valence-electron chi connectivity index (χ1n) is 6.92. The highest BCUT2D eigenvalue weighted by Crippen LogP contribution is 2.16. The van der Waals surface area contributed by atoms with Crippen LogP contribution in [0.4, 0.5) is 5.13 Å².